The highest BCUT2D eigenvalue weighted by atomic mass is 35.5. The molecule has 11 heteroatoms. The van der Waals surface area contributed by atoms with Crippen LogP contribution in [0.3, 0.4) is 0 Å². The number of carbonyl (C=O) groups is 2. The minimum Gasteiger partial charge on any atom is -0.495 e. The van der Waals surface area contributed by atoms with Crippen molar-refractivity contribution in [3.05, 3.63) is 57.6 Å². The highest BCUT2D eigenvalue weighted by Gasteiger charge is 2.33. The Morgan fingerprint density at radius 1 is 1.11 bits per heavy atom. The molecule has 0 saturated carbocycles. The first-order valence-corrected chi connectivity index (χ1v) is 14.7. The van der Waals surface area contributed by atoms with E-state index in [9.17, 15) is 18.0 Å². The van der Waals surface area contributed by atoms with Crippen LogP contribution in [0.4, 0.5) is 5.69 Å². The summed E-state index contributed by atoms with van der Waals surface area (Å²) < 4.78 is 32.1. The van der Waals surface area contributed by atoms with Crippen LogP contribution < -0.4 is 14.4 Å². The van der Waals surface area contributed by atoms with Gasteiger partial charge in [0.25, 0.3) is 0 Å². The second-order valence-electron chi connectivity index (χ2n) is 8.74. The highest BCUT2D eigenvalue weighted by molar-refractivity contribution is 7.92. The number of rotatable bonds is 13. The molecular formula is C26H35Cl2N3O5S. The molecule has 0 saturated heterocycles. The maximum Gasteiger partial charge on any atom is 0.244 e. The number of amides is 2. The summed E-state index contributed by atoms with van der Waals surface area (Å²) in [5, 5.41) is 3.55. The Bertz CT molecular complexity index is 1190. The predicted molar refractivity (Wildman–Crippen MR) is 149 cm³/mol. The van der Waals surface area contributed by atoms with Crippen LogP contribution in [0, 0.1) is 6.92 Å². The number of aryl methyl sites for hydroxylation is 1. The first-order chi connectivity index (χ1) is 17.4. The molecule has 1 atom stereocenters. The Morgan fingerprint density at radius 3 is 2.30 bits per heavy atom. The number of ether oxygens (including phenoxy) is 1. The van der Waals surface area contributed by atoms with Crippen LogP contribution in [0.2, 0.25) is 10.0 Å². The Hall–Kier alpha value is -2.49. The fourth-order valence-corrected chi connectivity index (χ4v) is 5.23. The van der Waals surface area contributed by atoms with Crippen molar-refractivity contribution in [2.24, 2.45) is 0 Å². The summed E-state index contributed by atoms with van der Waals surface area (Å²) in [4.78, 5) is 28.3. The van der Waals surface area contributed by atoms with Gasteiger partial charge in [0, 0.05) is 28.7 Å². The SMILES string of the molecule is CCCCNC(=O)[C@H](CC)N(Cc1c(Cl)cccc1Cl)C(=O)CN(c1cc(C)ccc1OC)S(C)(=O)=O. The second-order valence-corrected chi connectivity index (χ2v) is 11.5. The van der Waals surface area contributed by atoms with Crippen LogP contribution in [-0.2, 0) is 26.2 Å². The molecule has 1 N–H and O–H groups in total. The second kappa shape index (κ2) is 13.9. The molecule has 2 aromatic carbocycles. The van der Waals surface area contributed by atoms with Gasteiger partial charge in [0.05, 0.1) is 19.1 Å². The van der Waals surface area contributed by atoms with Crippen molar-refractivity contribution in [3.63, 3.8) is 0 Å². The van der Waals surface area contributed by atoms with E-state index < -0.39 is 28.5 Å². The van der Waals surface area contributed by atoms with E-state index in [2.05, 4.69) is 5.32 Å². The van der Waals surface area contributed by atoms with Gasteiger partial charge in [-0.2, -0.15) is 0 Å². The Labute approximate surface area is 229 Å². The molecular weight excluding hydrogens is 537 g/mol. The minimum atomic E-state index is -3.90. The standard InChI is InChI=1S/C26H35Cl2N3O5S/c1-6-8-14-29-26(33)22(7-2)30(16-19-20(27)10-9-11-21(19)28)25(32)17-31(37(5,34)35)23-15-18(3)12-13-24(23)36-4/h9-13,15,22H,6-8,14,16-17H2,1-5H3,(H,29,33)/t22-/m0/s1. The smallest absolute Gasteiger partial charge is 0.244 e. The van der Waals surface area contributed by atoms with Crippen LogP contribution in [0.15, 0.2) is 36.4 Å². The van der Waals surface area contributed by atoms with Gasteiger partial charge in [-0.1, -0.05) is 55.6 Å². The zero-order valence-corrected chi connectivity index (χ0v) is 24.2. The lowest BCUT2D eigenvalue weighted by Gasteiger charge is -2.33. The van der Waals surface area contributed by atoms with Crippen molar-refractivity contribution in [1.82, 2.24) is 10.2 Å². The number of benzene rings is 2. The summed E-state index contributed by atoms with van der Waals surface area (Å²) >= 11 is 12.8. The topological polar surface area (TPSA) is 96.0 Å². The van der Waals surface area contributed by atoms with Gasteiger partial charge in [-0.05, 0) is 49.6 Å². The Balaban J connectivity index is 2.53. The predicted octanol–water partition coefficient (Wildman–Crippen LogP) is 4.80. The van der Waals surface area contributed by atoms with Crippen molar-refractivity contribution in [3.8, 4) is 5.75 Å². The summed E-state index contributed by atoms with van der Waals surface area (Å²) in [7, 11) is -2.48. The molecule has 0 unspecified atom stereocenters. The van der Waals surface area contributed by atoms with Crippen LogP contribution in [0.25, 0.3) is 0 Å². The third kappa shape index (κ3) is 8.25. The number of anilines is 1. The number of unbranched alkanes of at least 4 members (excludes halogenated alkanes) is 1. The molecule has 8 nitrogen and oxygen atoms in total. The van der Waals surface area contributed by atoms with E-state index >= 15 is 0 Å². The number of hydrogen-bond acceptors (Lipinski definition) is 5. The van der Waals surface area contributed by atoms with Gasteiger partial charge >= 0.3 is 0 Å². The van der Waals surface area contributed by atoms with Crippen LogP contribution >= 0.6 is 23.2 Å². The van der Waals surface area contributed by atoms with E-state index in [1.54, 1.807) is 43.3 Å². The number of nitrogens with zero attached hydrogens (tertiary/aromatic N) is 2. The van der Waals surface area contributed by atoms with E-state index in [1.165, 1.54) is 12.0 Å². The third-order valence-electron chi connectivity index (χ3n) is 5.89. The molecule has 0 aliphatic heterocycles. The fourth-order valence-electron chi connectivity index (χ4n) is 3.87. The van der Waals surface area contributed by atoms with E-state index in [0.29, 0.717) is 34.3 Å². The molecule has 0 radical (unpaired) electrons. The average molecular weight is 573 g/mol. The van der Waals surface area contributed by atoms with Gasteiger partial charge < -0.3 is 15.0 Å². The number of sulfonamides is 1. The molecule has 0 spiro atoms. The molecule has 0 bridgehead atoms. The van der Waals surface area contributed by atoms with E-state index in [1.807, 2.05) is 13.8 Å². The zero-order valence-electron chi connectivity index (χ0n) is 21.9. The Morgan fingerprint density at radius 2 is 1.76 bits per heavy atom. The van der Waals surface area contributed by atoms with E-state index in [0.717, 1.165) is 29.0 Å². The average Bonchev–Trinajstić information content (AvgIpc) is 2.83. The molecule has 0 aromatic heterocycles. The van der Waals surface area contributed by atoms with E-state index in [-0.39, 0.29) is 18.1 Å². The monoisotopic (exact) mass is 571 g/mol. The first-order valence-electron chi connectivity index (χ1n) is 12.1. The number of hydrogen-bond donors (Lipinski definition) is 1. The van der Waals surface area contributed by atoms with E-state index in [4.69, 9.17) is 27.9 Å². The summed E-state index contributed by atoms with van der Waals surface area (Å²) in [6.45, 7) is 5.47. The zero-order chi connectivity index (χ0) is 27.8. The number of methoxy groups -OCH3 is 1. The molecule has 0 aliphatic rings. The van der Waals surface area contributed by atoms with Gasteiger partial charge in [0.15, 0.2) is 0 Å². The number of carbonyl (C=O) groups excluding carboxylic acids is 2. The van der Waals surface area contributed by atoms with Crippen molar-refractivity contribution < 1.29 is 22.7 Å². The number of nitrogens with one attached hydrogen (secondary N) is 1. The summed E-state index contributed by atoms with van der Waals surface area (Å²) in [5.74, 6) is -0.608. The van der Waals surface area contributed by atoms with Gasteiger partial charge in [0.2, 0.25) is 21.8 Å². The Kier molecular flexibility index (Phi) is 11.5. The fraction of sp³-hybridized carbons (Fsp3) is 0.462. The molecule has 2 aromatic rings. The molecule has 2 amide bonds. The quantitative estimate of drug-likeness (QED) is 0.348. The molecule has 37 heavy (non-hydrogen) atoms. The molecule has 204 valence electrons. The normalized spacial score (nSPS) is 12.1. The third-order valence-corrected chi connectivity index (χ3v) is 7.72. The maximum absolute atomic E-state index is 13.8. The van der Waals surface area contributed by atoms with Crippen molar-refractivity contribution in [2.45, 2.75) is 52.6 Å². The van der Waals surface area contributed by atoms with Gasteiger partial charge in [-0.25, -0.2) is 8.42 Å². The maximum atomic E-state index is 13.8. The lowest BCUT2D eigenvalue weighted by atomic mass is 10.1. The largest absolute Gasteiger partial charge is 0.495 e. The number of halogens is 2. The van der Waals surface area contributed by atoms with Crippen molar-refractivity contribution in [2.75, 3.05) is 30.8 Å². The molecule has 0 heterocycles. The van der Waals surface area contributed by atoms with Crippen LogP contribution in [0.1, 0.15) is 44.2 Å². The lowest BCUT2D eigenvalue weighted by Crippen LogP contribution is -2.52. The summed E-state index contributed by atoms with van der Waals surface area (Å²) in [5.41, 5.74) is 1.49. The van der Waals surface area contributed by atoms with Crippen molar-refractivity contribution in [1.29, 1.82) is 0 Å². The molecule has 0 aliphatic carbocycles. The minimum absolute atomic E-state index is 0.0698. The van der Waals surface area contributed by atoms with Gasteiger partial charge in [-0.3, -0.25) is 13.9 Å². The summed E-state index contributed by atoms with van der Waals surface area (Å²) in [6, 6.07) is 9.18. The summed E-state index contributed by atoms with van der Waals surface area (Å²) in [6.07, 6.45) is 3.02. The molecule has 0 fully saturated rings. The highest BCUT2D eigenvalue weighted by Crippen LogP contribution is 2.32. The van der Waals surface area contributed by atoms with Crippen LogP contribution in [0.5, 0.6) is 5.75 Å². The first kappa shape index (κ1) is 30.7. The van der Waals surface area contributed by atoms with Crippen molar-refractivity contribution >= 4 is 50.7 Å². The lowest BCUT2D eigenvalue weighted by molar-refractivity contribution is -0.140. The van der Waals surface area contributed by atoms with Gasteiger partial charge in [-0.15, -0.1) is 0 Å². The van der Waals surface area contributed by atoms with Crippen LogP contribution in [-0.4, -0.2) is 57.6 Å². The van der Waals surface area contributed by atoms with Gasteiger partial charge in [0.1, 0.15) is 18.3 Å². The molecule has 2 rings (SSSR count).